The number of aliphatic carboxylic acids is 1. The minimum atomic E-state index is -0.698. The molecule has 0 aromatic heterocycles. The SMILES string of the molecule is CCCCCCC(=O)[C@H]1O[C@@H]1CCCCCCCCC(=O)O. The number of hydrogen-bond acceptors (Lipinski definition) is 3. The fourth-order valence-corrected chi connectivity index (χ4v) is 2.84. The van der Waals surface area contributed by atoms with Gasteiger partial charge in [-0.05, 0) is 19.3 Å². The Morgan fingerprint density at radius 3 is 2.14 bits per heavy atom. The van der Waals surface area contributed by atoms with Gasteiger partial charge in [-0.2, -0.15) is 0 Å². The summed E-state index contributed by atoms with van der Waals surface area (Å²) in [5.41, 5.74) is 0. The fraction of sp³-hybridized carbons (Fsp3) is 0.889. The van der Waals surface area contributed by atoms with Crippen LogP contribution in [0, 0.1) is 0 Å². The minimum Gasteiger partial charge on any atom is -0.481 e. The highest BCUT2D eigenvalue weighted by molar-refractivity contribution is 5.85. The summed E-state index contributed by atoms with van der Waals surface area (Å²) in [5, 5.41) is 8.53. The molecule has 4 heteroatoms. The van der Waals surface area contributed by atoms with Crippen molar-refractivity contribution in [2.75, 3.05) is 0 Å². The highest BCUT2D eigenvalue weighted by atomic mass is 16.6. The van der Waals surface area contributed by atoms with Crippen molar-refractivity contribution in [2.24, 2.45) is 0 Å². The molecule has 1 fully saturated rings. The van der Waals surface area contributed by atoms with Crippen LogP contribution in [-0.2, 0) is 14.3 Å². The first-order chi connectivity index (χ1) is 10.6. The molecule has 0 radical (unpaired) electrons. The molecule has 1 rings (SSSR count). The number of carbonyl (C=O) groups is 2. The van der Waals surface area contributed by atoms with E-state index in [1.165, 1.54) is 12.8 Å². The molecule has 0 spiro atoms. The largest absolute Gasteiger partial charge is 0.481 e. The topological polar surface area (TPSA) is 66.9 Å². The Kier molecular flexibility index (Phi) is 10.1. The van der Waals surface area contributed by atoms with Gasteiger partial charge in [-0.25, -0.2) is 0 Å². The van der Waals surface area contributed by atoms with Crippen molar-refractivity contribution >= 4 is 11.8 Å². The molecule has 1 saturated heterocycles. The van der Waals surface area contributed by atoms with E-state index in [0.29, 0.717) is 12.2 Å². The zero-order chi connectivity index (χ0) is 16.2. The Bertz CT molecular complexity index is 327. The van der Waals surface area contributed by atoms with Gasteiger partial charge in [0.25, 0.3) is 0 Å². The van der Waals surface area contributed by atoms with Gasteiger partial charge < -0.3 is 9.84 Å². The van der Waals surface area contributed by atoms with E-state index in [0.717, 1.165) is 57.8 Å². The van der Waals surface area contributed by atoms with E-state index < -0.39 is 5.97 Å². The first kappa shape index (κ1) is 19.1. The summed E-state index contributed by atoms with van der Waals surface area (Å²) in [6.07, 6.45) is 13.0. The highest BCUT2D eigenvalue weighted by Gasteiger charge is 2.43. The third-order valence-corrected chi connectivity index (χ3v) is 4.31. The normalized spacial score (nSPS) is 20.0. The molecule has 4 nitrogen and oxygen atoms in total. The highest BCUT2D eigenvalue weighted by Crippen LogP contribution is 2.29. The molecule has 0 aromatic carbocycles. The van der Waals surface area contributed by atoms with Gasteiger partial charge in [0, 0.05) is 12.8 Å². The Labute approximate surface area is 134 Å². The number of carboxylic acids is 1. The summed E-state index contributed by atoms with van der Waals surface area (Å²) >= 11 is 0. The van der Waals surface area contributed by atoms with E-state index in [1.807, 2.05) is 0 Å². The summed E-state index contributed by atoms with van der Waals surface area (Å²) < 4.78 is 5.49. The number of carbonyl (C=O) groups excluding carboxylic acids is 1. The third-order valence-electron chi connectivity index (χ3n) is 4.31. The van der Waals surface area contributed by atoms with Crippen molar-refractivity contribution in [1.29, 1.82) is 0 Å². The van der Waals surface area contributed by atoms with Crippen LogP contribution in [0.3, 0.4) is 0 Å². The van der Waals surface area contributed by atoms with Crippen LogP contribution >= 0.6 is 0 Å². The molecule has 0 bridgehead atoms. The number of Topliss-reactive ketones (excluding diaryl/α,β-unsaturated/α-hetero) is 1. The summed E-state index contributed by atoms with van der Waals surface area (Å²) in [7, 11) is 0. The summed E-state index contributed by atoms with van der Waals surface area (Å²) in [6.45, 7) is 2.17. The average molecular weight is 312 g/mol. The van der Waals surface area contributed by atoms with Gasteiger partial charge in [-0.3, -0.25) is 9.59 Å². The molecule has 128 valence electrons. The van der Waals surface area contributed by atoms with Crippen molar-refractivity contribution < 1.29 is 19.4 Å². The van der Waals surface area contributed by atoms with Crippen LogP contribution in [0.4, 0.5) is 0 Å². The van der Waals surface area contributed by atoms with Gasteiger partial charge in [0.2, 0.25) is 0 Å². The Morgan fingerprint density at radius 1 is 0.864 bits per heavy atom. The van der Waals surface area contributed by atoms with Crippen LogP contribution in [0.25, 0.3) is 0 Å². The first-order valence-corrected chi connectivity index (χ1v) is 9.05. The monoisotopic (exact) mass is 312 g/mol. The standard InChI is InChI=1S/C18H32O4/c1-2-3-4-9-12-15(19)18-16(22-18)13-10-7-5-6-8-11-14-17(20)21/h16,18H,2-14H2,1H3,(H,20,21)/t16-,18-/m1/s1. The van der Waals surface area contributed by atoms with Crippen molar-refractivity contribution in [3.05, 3.63) is 0 Å². The van der Waals surface area contributed by atoms with Crippen molar-refractivity contribution in [3.8, 4) is 0 Å². The van der Waals surface area contributed by atoms with E-state index in [1.54, 1.807) is 0 Å². The second kappa shape index (κ2) is 11.6. The Morgan fingerprint density at radius 2 is 1.45 bits per heavy atom. The van der Waals surface area contributed by atoms with Crippen LogP contribution in [0.15, 0.2) is 0 Å². The first-order valence-electron chi connectivity index (χ1n) is 9.05. The van der Waals surface area contributed by atoms with E-state index in [2.05, 4.69) is 6.92 Å². The number of ketones is 1. The maximum absolute atomic E-state index is 11.9. The molecule has 2 atom stereocenters. The molecular formula is C18H32O4. The van der Waals surface area contributed by atoms with E-state index in [-0.39, 0.29) is 18.6 Å². The minimum absolute atomic E-state index is 0.0998. The molecule has 0 amide bonds. The molecule has 0 unspecified atom stereocenters. The molecule has 1 aliphatic heterocycles. The molecule has 0 saturated carbocycles. The molecule has 1 aliphatic rings. The molecule has 1 N–H and O–H groups in total. The Hall–Kier alpha value is -0.900. The van der Waals surface area contributed by atoms with Crippen LogP contribution < -0.4 is 0 Å². The lowest BCUT2D eigenvalue weighted by Crippen LogP contribution is -2.09. The number of rotatable bonds is 15. The van der Waals surface area contributed by atoms with Crippen LogP contribution in [0.1, 0.15) is 90.4 Å². The van der Waals surface area contributed by atoms with Crippen LogP contribution in [0.5, 0.6) is 0 Å². The second-order valence-electron chi connectivity index (χ2n) is 6.43. The van der Waals surface area contributed by atoms with Gasteiger partial charge in [0.15, 0.2) is 5.78 Å². The third kappa shape index (κ3) is 9.19. The van der Waals surface area contributed by atoms with Crippen LogP contribution in [0.2, 0.25) is 0 Å². The zero-order valence-corrected chi connectivity index (χ0v) is 14.0. The molecule has 0 aliphatic carbocycles. The zero-order valence-electron chi connectivity index (χ0n) is 14.0. The fourth-order valence-electron chi connectivity index (χ4n) is 2.84. The number of unbranched alkanes of at least 4 members (excludes halogenated alkanes) is 8. The van der Waals surface area contributed by atoms with Gasteiger partial charge >= 0.3 is 5.97 Å². The summed E-state index contributed by atoms with van der Waals surface area (Å²) in [4.78, 5) is 22.2. The lowest BCUT2D eigenvalue weighted by Gasteiger charge is -2.00. The van der Waals surface area contributed by atoms with E-state index in [4.69, 9.17) is 9.84 Å². The molecule has 1 heterocycles. The summed E-state index contributed by atoms with van der Waals surface area (Å²) in [5.74, 6) is -0.397. The molecule has 22 heavy (non-hydrogen) atoms. The number of hydrogen-bond donors (Lipinski definition) is 1. The number of epoxide rings is 1. The lowest BCUT2D eigenvalue weighted by atomic mass is 10.0. The molecule has 0 aromatic rings. The number of carboxylic acid groups (broad SMARTS) is 1. The van der Waals surface area contributed by atoms with Crippen molar-refractivity contribution in [3.63, 3.8) is 0 Å². The van der Waals surface area contributed by atoms with Gasteiger partial charge in [0.05, 0.1) is 6.10 Å². The predicted molar refractivity (Wildman–Crippen MR) is 87.0 cm³/mol. The van der Waals surface area contributed by atoms with E-state index >= 15 is 0 Å². The molecular weight excluding hydrogens is 280 g/mol. The summed E-state index contributed by atoms with van der Waals surface area (Å²) in [6, 6.07) is 0. The number of ether oxygens (including phenoxy) is 1. The smallest absolute Gasteiger partial charge is 0.303 e. The lowest BCUT2D eigenvalue weighted by molar-refractivity contribution is -0.137. The van der Waals surface area contributed by atoms with Gasteiger partial charge in [0.1, 0.15) is 6.10 Å². The second-order valence-corrected chi connectivity index (χ2v) is 6.43. The van der Waals surface area contributed by atoms with Crippen molar-refractivity contribution in [1.82, 2.24) is 0 Å². The maximum atomic E-state index is 11.9. The van der Waals surface area contributed by atoms with Gasteiger partial charge in [-0.15, -0.1) is 0 Å². The predicted octanol–water partition coefficient (Wildman–Crippen LogP) is 4.50. The van der Waals surface area contributed by atoms with Crippen molar-refractivity contribution in [2.45, 2.75) is 103 Å². The Balaban J connectivity index is 1.87. The van der Waals surface area contributed by atoms with E-state index in [9.17, 15) is 9.59 Å². The van der Waals surface area contributed by atoms with Gasteiger partial charge in [-0.1, -0.05) is 58.3 Å². The quantitative estimate of drug-likeness (QED) is 0.357. The average Bonchev–Trinajstić information content (AvgIpc) is 3.25. The van der Waals surface area contributed by atoms with Crippen LogP contribution in [-0.4, -0.2) is 29.1 Å². The maximum Gasteiger partial charge on any atom is 0.303 e.